The van der Waals surface area contributed by atoms with Crippen LogP contribution in [0.25, 0.3) is 0 Å². The van der Waals surface area contributed by atoms with E-state index in [-0.39, 0.29) is 0 Å². The number of anilines is 2. The Kier molecular flexibility index (Phi) is 2.35. The number of aryl methyl sites for hydroxylation is 2. The molecule has 0 bridgehead atoms. The van der Waals surface area contributed by atoms with E-state index < -0.39 is 0 Å². The van der Waals surface area contributed by atoms with Crippen LogP contribution in [0.15, 0.2) is 0 Å². The molecule has 2 N–H and O–H groups in total. The van der Waals surface area contributed by atoms with E-state index in [1.807, 2.05) is 11.6 Å². The minimum atomic E-state index is 0.531. The SMILES string of the molecule is CCC1CNc2c(C)nn(CC)c2N1. The van der Waals surface area contributed by atoms with Gasteiger partial charge in [0.15, 0.2) is 0 Å². The van der Waals surface area contributed by atoms with Gasteiger partial charge in [0.2, 0.25) is 0 Å². The van der Waals surface area contributed by atoms with Crippen LogP contribution in [0.1, 0.15) is 26.0 Å². The van der Waals surface area contributed by atoms with Gasteiger partial charge in [-0.2, -0.15) is 5.10 Å². The molecular formula is C10H18N4. The van der Waals surface area contributed by atoms with Crippen molar-refractivity contribution < 1.29 is 0 Å². The molecule has 1 atom stereocenters. The molecule has 1 aliphatic heterocycles. The Morgan fingerprint density at radius 1 is 1.50 bits per heavy atom. The number of rotatable bonds is 2. The minimum absolute atomic E-state index is 0.531. The highest BCUT2D eigenvalue weighted by atomic mass is 15.4. The maximum atomic E-state index is 4.47. The second-order valence-electron chi connectivity index (χ2n) is 3.76. The van der Waals surface area contributed by atoms with Crippen LogP contribution in [0.5, 0.6) is 0 Å². The van der Waals surface area contributed by atoms with Crippen LogP contribution in [0.3, 0.4) is 0 Å². The molecule has 4 nitrogen and oxygen atoms in total. The van der Waals surface area contributed by atoms with Gasteiger partial charge in [0.05, 0.1) is 5.69 Å². The predicted molar refractivity (Wildman–Crippen MR) is 58.8 cm³/mol. The Hall–Kier alpha value is -1.19. The van der Waals surface area contributed by atoms with Crippen molar-refractivity contribution in [3.05, 3.63) is 5.69 Å². The topological polar surface area (TPSA) is 41.9 Å². The largest absolute Gasteiger partial charge is 0.378 e. The number of nitrogens with one attached hydrogen (secondary N) is 2. The third-order valence-corrected chi connectivity index (χ3v) is 2.79. The first kappa shape index (κ1) is 9.37. The summed E-state index contributed by atoms with van der Waals surface area (Å²) < 4.78 is 2.03. The highest BCUT2D eigenvalue weighted by Crippen LogP contribution is 2.29. The summed E-state index contributed by atoms with van der Waals surface area (Å²) in [4.78, 5) is 0. The lowest BCUT2D eigenvalue weighted by Crippen LogP contribution is -2.33. The molecule has 0 saturated heterocycles. The van der Waals surface area contributed by atoms with Gasteiger partial charge >= 0.3 is 0 Å². The van der Waals surface area contributed by atoms with E-state index in [9.17, 15) is 0 Å². The maximum Gasteiger partial charge on any atom is 0.148 e. The van der Waals surface area contributed by atoms with E-state index in [2.05, 4.69) is 29.6 Å². The fourth-order valence-electron chi connectivity index (χ4n) is 1.88. The normalized spacial score (nSPS) is 19.8. The van der Waals surface area contributed by atoms with Gasteiger partial charge in [0, 0.05) is 19.1 Å². The van der Waals surface area contributed by atoms with Crippen molar-refractivity contribution in [2.24, 2.45) is 0 Å². The summed E-state index contributed by atoms with van der Waals surface area (Å²) in [6, 6.07) is 0.531. The fourth-order valence-corrected chi connectivity index (χ4v) is 1.88. The van der Waals surface area contributed by atoms with Crippen molar-refractivity contribution in [1.29, 1.82) is 0 Å². The van der Waals surface area contributed by atoms with Gasteiger partial charge in [-0.3, -0.25) is 0 Å². The summed E-state index contributed by atoms with van der Waals surface area (Å²) >= 11 is 0. The van der Waals surface area contributed by atoms with Gasteiger partial charge in [0.25, 0.3) is 0 Å². The van der Waals surface area contributed by atoms with E-state index in [1.165, 1.54) is 5.69 Å². The molecule has 0 aliphatic carbocycles. The maximum absolute atomic E-state index is 4.47. The summed E-state index contributed by atoms with van der Waals surface area (Å²) in [5.41, 5.74) is 2.26. The summed E-state index contributed by atoms with van der Waals surface area (Å²) in [7, 11) is 0. The lowest BCUT2D eigenvalue weighted by molar-refractivity contribution is 0.635. The van der Waals surface area contributed by atoms with Crippen molar-refractivity contribution in [1.82, 2.24) is 9.78 Å². The molecular weight excluding hydrogens is 176 g/mol. The summed E-state index contributed by atoms with van der Waals surface area (Å²) in [6.45, 7) is 8.28. The molecule has 1 unspecified atom stereocenters. The number of nitrogens with zero attached hydrogens (tertiary/aromatic N) is 2. The smallest absolute Gasteiger partial charge is 0.148 e. The van der Waals surface area contributed by atoms with Crippen LogP contribution >= 0.6 is 0 Å². The molecule has 2 rings (SSSR count). The van der Waals surface area contributed by atoms with Crippen molar-refractivity contribution in [2.45, 2.75) is 39.8 Å². The Balaban J connectivity index is 2.34. The zero-order valence-corrected chi connectivity index (χ0v) is 9.09. The monoisotopic (exact) mass is 194 g/mol. The first-order chi connectivity index (χ1) is 6.76. The average Bonchev–Trinajstić information content (AvgIpc) is 2.55. The molecule has 0 amide bonds. The molecule has 0 fully saturated rings. The molecule has 0 aromatic carbocycles. The van der Waals surface area contributed by atoms with Gasteiger partial charge in [-0.1, -0.05) is 6.92 Å². The summed E-state index contributed by atoms with van der Waals surface area (Å²) in [6.07, 6.45) is 1.14. The molecule has 78 valence electrons. The summed E-state index contributed by atoms with van der Waals surface area (Å²) in [5, 5.41) is 11.4. The van der Waals surface area contributed by atoms with Crippen LogP contribution in [-0.4, -0.2) is 22.4 Å². The van der Waals surface area contributed by atoms with Crippen molar-refractivity contribution in [3.8, 4) is 0 Å². The van der Waals surface area contributed by atoms with Crippen LogP contribution in [0, 0.1) is 6.92 Å². The molecule has 1 aliphatic rings. The third-order valence-electron chi connectivity index (χ3n) is 2.79. The van der Waals surface area contributed by atoms with E-state index in [0.717, 1.165) is 31.0 Å². The van der Waals surface area contributed by atoms with Crippen LogP contribution in [0.4, 0.5) is 11.5 Å². The van der Waals surface area contributed by atoms with Gasteiger partial charge < -0.3 is 10.6 Å². The number of hydrogen-bond donors (Lipinski definition) is 2. The van der Waals surface area contributed by atoms with E-state index in [4.69, 9.17) is 0 Å². The average molecular weight is 194 g/mol. The predicted octanol–water partition coefficient (Wildman–Crippen LogP) is 1.83. The molecule has 1 aromatic rings. The van der Waals surface area contributed by atoms with E-state index in [1.54, 1.807) is 0 Å². The second kappa shape index (κ2) is 3.52. The Labute approximate surface area is 84.7 Å². The molecule has 0 radical (unpaired) electrons. The number of fused-ring (bicyclic) bond motifs is 1. The summed E-state index contributed by atoms with van der Waals surface area (Å²) in [5.74, 6) is 1.16. The molecule has 14 heavy (non-hydrogen) atoms. The molecule has 0 saturated carbocycles. The van der Waals surface area contributed by atoms with E-state index in [0.29, 0.717) is 6.04 Å². The van der Waals surface area contributed by atoms with Crippen molar-refractivity contribution in [3.63, 3.8) is 0 Å². The highest BCUT2D eigenvalue weighted by Gasteiger charge is 2.21. The Bertz CT molecular complexity index is 329. The molecule has 4 heteroatoms. The van der Waals surface area contributed by atoms with Crippen LogP contribution in [0.2, 0.25) is 0 Å². The number of hydrogen-bond acceptors (Lipinski definition) is 3. The first-order valence-corrected chi connectivity index (χ1v) is 5.34. The third kappa shape index (κ3) is 1.35. The lowest BCUT2D eigenvalue weighted by Gasteiger charge is -2.26. The zero-order chi connectivity index (χ0) is 10.1. The highest BCUT2D eigenvalue weighted by molar-refractivity contribution is 5.70. The van der Waals surface area contributed by atoms with Crippen molar-refractivity contribution in [2.75, 3.05) is 17.2 Å². The second-order valence-corrected chi connectivity index (χ2v) is 3.76. The molecule has 1 aromatic heterocycles. The minimum Gasteiger partial charge on any atom is -0.378 e. The standard InChI is InChI=1S/C10H18N4/c1-4-8-6-11-9-7(3)13-14(5-2)10(9)12-8/h8,11-12H,4-6H2,1-3H3. The Morgan fingerprint density at radius 3 is 2.93 bits per heavy atom. The van der Waals surface area contributed by atoms with Crippen molar-refractivity contribution >= 4 is 11.5 Å². The molecule has 2 heterocycles. The van der Waals surface area contributed by atoms with Gasteiger partial charge in [0.1, 0.15) is 11.5 Å². The lowest BCUT2D eigenvalue weighted by atomic mass is 10.1. The van der Waals surface area contributed by atoms with Gasteiger partial charge in [-0.25, -0.2) is 4.68 Å². The first-order valence-electron chi connectivity index (χ1n) is 5.34. The molecule has 0 spiro atoms. The van der Waals surface area contributed by atoms with E-state index >= 15 is 0 Å². The van der Waals surface area contributed by atoms with Crippen LogP contribution < -0.4 is 10.6 Å². The van der Waals surface area contributed by atoms with Gasteiger partial charge in [-0.05, 0) is 20.3 Å². The van der Waals surface area contributed by atoms with Gasteiger partial charge in [-0.15, -0.1) is 0 Å². The fraction of sp³-hybridized carbons (Fsp3) is 0.700. The van der Waals surface area contributed by atoms with Crippen LogP contribution in [-0.2, 0) is 6.54 Å². The number of aromatic nitrogens is 2. The quantitative estimate of drug-likeness (QED) is 0.754. The zero-order valence-electron chi connectivity index (χ0n) is 9.09. The Morgan fingerprint density at radius 2 is 2.29 bits per heavy atom.